The van der Waals surface area contributed by atoms with Crippen LogP contribution < -0.4 is 0 Å². The number of hydrogen-bond donors (Lipinski definition) is 0. The summed E-state index contributed by atoms with van der Waals surface area (Å²) in [6, 6.07) is 0. The van der Waals surface area contributed by atoms with Gasteiger partial charge < -0.3 is 4.42 Å². The first-order valence-corrected chi connectivity index (χ1v) is 5.13. The summed E-state index contributed by atoms with van der Waals surface area (Å²) in [5.41, 5.74) is 2.88. The van der Waals surface area contributed by atoms with E-state index in [1.807, 2.05) is 20.1 Å². The van der Waals surface area contributed by atoms with Crippen LogP contribution in [0.25, 0.3) is 6.08 Å². The van der Waals surface area contributed by atoms with E-state index in [0.717, 1.165) is 12.2 Å². The van der Waals surface area contributed by atoms with E-state index in [2.05, 4.69) is 32.9 Å². The molecule has 0 aliphatic carbocycles. The smallest absolute Gasteiger partial charge is 0.108 e. The van der Waals surface area contributed by atoms with Crippen LogP contribution in [0.4, 0.5) is 0 Å². The van der Waals surface area contributed by atoms with Crippen molar-refractivity contribution in [1.29, 1.82) is 0 Å². The zero-order valence-electron chi connectivity index (χ0n) is 9.85. The Labute approximate surface area is 86.8 Å². The van der Waals surface area contributed by atoms with Crippen molar-refractivity contribution in [2.45, 2.75) is 41.0 Å². The van der Waals surface area contributed by atoms with Gasteiger partial charge in [0.05, 0.1) is 6.26 Å². The lowest BCUT2D eigenvalue weighted by atomic mass is 9.87. The van der Waals surface area contributed by atoms with E-state index in [1.54, 1.807) is 0 Å². The van der Waals surface area contributed by atoms with Crippen LogP contribution in [0.3, 0.4) is 0 Å². The Morgan fingerprint density at radius 3 is 2.50 bits per heavy atom. The van der Waals surface area contributed by atoms with Crippen LogP contribution in [0.15, 0.2) is 16.8 Å². The van der Waals surface area contributed by atoms with Crippen LogP contribution in [0.1, 0.15) is 44.6 Å². The number of hydrogen-bond acceptors (Lipinski definition) is 1. The molecule has 0 aliphatic heterocycles. The lowest BCUT2D eigenvalue weighted by molar-refractivity contribution is 0.408. The highest BCUT2D eigenvalue weighted by Gasteiger charge is 2.16. The van der Waals surface area contributed by atoms with Gasteiger partial charge in [-0.2, -0.15) is 0 Å². The summed E-state index contributed by atoms with van der Waals surface area (Å²) in [5, 5.41) is 0. The van der Waals surface area contributed by atoms with Gasteiger partial charge in [0.25, 0.3) is 0 Å². The SMILES string of the molecule is C/C=C\c1c(CC(C)(C)C)coc1C. The van der Waals surface area contributed by atoms with Gasteiger partial charge in [-0.3, -0.25) is 0 Å². The zero-order chi connectivity index (χ0) is 10.8. The number of furan rings is 1. The minimum Gasteiger partial charge on any atom is -0.469 e. The molecule has 0 aromatic carbocycles. The largest absolute Gasteiger partial charge is 0.469 e. The third-order valence-corrected chi connectivity index (χ3v) is 2.16. The van der Waals surface area contributed by atoms with Gasteiger partial charge in [0.2, 0.25) is 0 Å². The predicted octanol–water partition coefficient (Wildman–Crippen LogP) is 4.21. The summed E-state index contributed by atoms with van der Waals surface area (Å²) in [6.45, 7) is 10.8. The number of allylic oxidation sites excluding steroid dienone is 1. The van der Waals surface area contributed by atoms with Gasteiger partial charge in [-0.25, -0.2) is 0 Å². The van der Waals surface area contributed by atoms with E-state index >= 15 is 0 Å². The first-order chi connectivity index (χ1) is 6.44. The Morgan fingerprint density at radius 2 is 2.00 bits per heavy atom. The summed E-state index contributed by atoms with van der Waals surface area (Å²) >= 11 is 0. The van der Waals surface area contributed by atoms with Crippen LogP contribution in [0.5, 0.6) is 0 Å². The van der Waals surface area contributed by atoms with E-state index in [1.165, 1.54) is 11.1 Å². The lowest BCUT2D eigenvalue weighted by Crippen LogP contribution is -2.09. The molecule has 0 spiro atoms. The standard InChI is InChI=1S/C13H20O/c1-6-7-12-10(2)14-9-11(12)8-13(3,4)5/h6-7,9H,8H2,1-5H3/b7-6-. The third kappa shape index (κ3) is 2.76. The molecule has 1 nitrogen and oxygen atoms in total. The molecule has 0 unspecified atom stereocenters. The molecular weight excluding hydrogens is 172 g/mol. The second-order valence-corrected chi connectivity index (χ2v) is 4.97. The Kier molecular flexibility index (Phi) is 3.20. The quantitative estimate of drug-likeness (QED) is 0.684. The maximum atomic E-state index is 5.44. The van der Waals surface area contributed by atoms with E-state index < -0.39 is 0 Å². The Hall–Kier alpha value is -0.980. The summed E-state index contributed by atoms with van der Waals surface area (Å²) in [7, 11) is 0. The van der Waals surface area contributed by atoms with Gasteiger partial charge in [0, 0.05) is 5.56 Å². The Bertz CT molecular complexity index is 323. The fourth-order valence-corrected chi connectivity index (χ4v) is 1.61. The molecule has 1 aromatic heterocycles. The highest BCUT2D eigenvalue weighted by Crippen LogP contribution is 2.26. The molecule has 0 atom stereocenters. The average Bonchev–Trinajstić information content (AvgIpc) is 2.33. The van der Waals surface area contributed by atoms with E-state index in [4.69, 9.17) is 4.42 Å². The maximum absolute atomic E-state index is 5.44. The van der Waals surface area contributed by atoms with Crippen molar-refractivity contribution in [3.8, 4) is 0 Å². The first-order valence-electron chi connectivity index (χ1n) is 5.13. The molecular formula is C13H20O. The summed E-state index contributed by atoms with van der Waals surface area (Å²) < 4.78 is 5.44. The second-order valence-electron chi connectivity index (χ2n) is 4.97. The average molecular weight is 192 g/mol. The molecule has 1 rings (SSSR count). The van der Waals surface area contributed by atoms with E-state index in [0.29, 0.717) is 5.41 Å². The van der Waals surface area contributed by atoms with Crippen molar-refractivity contribution in [3.63, 3.8) is 0 Å². The maximum Gasteiger partial charge on any atom is 0.108 e. The minimum atomic E-state index is 0.312. The first kappa shape index (κ1) is 11.1. The topological polar surface area (TPSA) is 13.1 Å². The molecule has 0 aliphatic rings. The van der Waals surface area contributed by atoms with Gasteiger partial charge in [0.1, 0.15) is 5.76 Å². The normalized spacial score (nSPS) is 12.6. The van der Waals surface area contributed by atoms with E-state index in [9.17, 15) is 0 Å². The molecule has 14 heavy (non-hydrogen) atoms. The van der Waals surface area contributed by atoms with Crippen molar-refractivity contribution in [1.82, 2.24) is 0 Å². The summed E-state index contributed by atoms with van der Waals surface area (Å²) in [6.07, 6.45) is 7.13. The van der Waals surface area contributed by atoms with Crippen LogP contribution in [0, 0.1) is 12.3 Å². The summed E-state index contributed by atoms with van der Waals surface area (Å²) in [5.74, 6) is 1.02. The predicted molar refractivity (Wildman–Crippen MR) is 61.3 cm³/mol. The summed E-state index contributed by atoms with van der Waals surface area (Å²) in [4.78, 5) is 0. The molecule has 0 radical (unpaired) electrons. The fourth-order valence-electron chi connectivity index (χ4n) is 1.61. The van der Waals surface area contributed by atoms with Gasteiger partial charge in [-0.1, -0.05) is 32.9 Å². The van der Waals surface area contributed by atoms with Crippen LogP contribution in [-0.4, -0.2) is 0 Å². The highest BCUT2D eigenvalue weighted by molar-refractivity contribution is 5.55. The van der Waals surface area contributed by atoms with Crippen LogP contribution in [0.2, 0.25) is 0 Å². The van der Waals surface area contributed by atoms with Crippen molar-refractivity contribution < 1.29 is 4.42 Å². The number of rotatable bonds is 2. The van der Waals surface area contributed by atoms with Gasteiger partial charge >= 0.3 is 0 Å². The molecule has 1 heteroatoms. The minimum absolute atomic E-state index is 0.312. The Morgan fingerprint density at radius 1 is 1.36 bits per heavy atom. The molecule has 1 heterocycles. The van der Waals surface area contributed by atoms with Crippen molar-refractivity contribution >= 4 is 6.08 Å². The molecule has 0 amide bonds. The lowest BCUT2D eigenvalue weighted by Gasteiger charge is -2.17. The van der Waals surface area contributed by atoms with Crippen molar-refractivity contribution in [3.05, 3.63) is 29.2 Å². The second kappa shape index (κ2) is 4.04. The molecule has 0 N–H and O–H groups in total. The van der Waals surface area contributed by atoms with E-state index in [-0.39, 0.29) is 0 Å². The van der Waals surface area contributed by atoms with Crippen molar-refractivity contribution in [2.75, 3.05) is 0 Å². The molecule has 0 saturated heterocycles. The molecule has 1 aromatic rings. The fraction of sp³-hybridized carbons (Fsp3) is 0.538. The number of aryl methyl sites for hydroxylation is 1. The van der Waals surface area contributed by atoms with Gasteiger partial charge in [-0.05, 0) is 31.2 Å². The molecule has 0 saturated carbocycles. The van der Waals surface area contributed by atoms with Gasteiger partial charge in [0.15, 0.2) is 0 Å². The Balaban J connectivity index is 2.98. The van der Waals surface area contributed by atoms with Gasteiger partial charge in [-0.15, -0.1) is 0 Å². The monoisotopic (exact) mass is 192 g/mol. The third-order valence-electron chi connectivity index (χ3n) is 2.16. The molecule has 0 fully saturated rings. The van der Waals surface area contributed by atoms with Crippen LogP contribution >= 0.6 is 0 Å². The van der Waals surface area contributed by atoms with Crippen molar-refractivity contribution in [2.24, 2.45) is 5.41 Å². The van der Waals surface area contributed by atoms with Crippen LogP contribution in [-0.2, 0) is 6.42 Å². The molecule has 0 bridgehead atoms. The highest BCUT2D eigenvalue weighted by atomic mass is 16.3. The zero-order valence-corrected chi connectivity index (χ0v) is 9.85. The molecule has 78 valence electrons.